The van der Waals surface area contributed by atoms with Crippen molar-refractivity contribution >= 4 is 17.5 Å². The van der Waals surface area contributed by atoms with Crippen molar-refractivity contribution in [3.8, 4) is 0 Å². The predicted molar refractivity (Wildman–Crippen MR) is 89.7 cm³/mol. The van der Waals surface area contributed by atoms with Gasteiger partial charge in [-0.3, -0.25) is 9.69 Å². The van der Waals surface area contributed by atoms with Gasteiger partial charge in [0.1, 0.15) is 0 Å². The Morgan fingerprint density at radius 3 is 2.55 bits per heavy atom. The summed E-state index contributed by atoms with van der Waals surface area (Å²) >= 11 is 5.92. The highest BCUT2D eigenvalue weighted by Gasteiger charge is 2.55. The van der Waals surface area contributed by atoms with Gasteiger partial charge in [0.15, 0.2) is 0 Å². The fourth-order valence-electron chi connectivity index (χ4n) is 3.59. The molecule has 3 unspecified atom stereocenters. The Morgan fingerprint density at radius 1 is 1.32 bits per heavy atom. The van der Waals surface area contributed by atoms with Crippen LogP contribution in [0.15, 0.2) is 24.3 Å². The fraction of sp³-hybridized carbons (Fsp3) is 0.611. The number of nitrogens with one attached hydrogen (secondary N) is 1. The molecule has 0 radical (unpaired) electrons. The minimum Gasteiger partial charge on any atom is -0.356 e. The van der Waals surface area contributed by atoms with Crippen molar-refractivity contribution in [3.63, 3.8) is 0 Å². The average Bonchev–Trinajstić information content (AvgIpc) is 2.98. The van der Waals surface area contributed by atoms with Crippen molar-refractivity contribution < 1.29 is 4.79 Å². The number of hydrogen-bond donors (Lipinski definition) is 1. The standard InChI is InChI=1S/C18H25ClN2O/c1-3-12(2)18(22)20-8-15-16-10-21(11-17(15)16)9-13-4-6-14(19)7-5-13/h4-7,12,15-17H,3,8-11H2,1-2H3,(H,20,22). The Morgan fingerprint density at radius 2 is 1.95 bits per heavy atom. The van der Waals surface area contributed by atoms with Gasteiger partial charge in [0.2, 0.25) is 5.91 Å². The van der Waals surface area contributed by atoms with Crippen LogP contribution in [0.25, 0.3) is 0 Å². The highest BCUT2D eigenvalue weighted by molar-refractivity contribution is 6.30. The van der Waals surface area contributed by atoms with Gasteiger partial charge in [0.05, 0.1) is 0 Å². The lowest BCUT2D eigenvalue weighted by Gasteiger charge is -2.20. The van der Waals surface area contributed by atoms with Crippen molar-refractivity contribution in [2.75, 3.05) is 19.6 Å². The number of benzene rings is 1. The molecule has 0 aromatic heterocycles. The first-order chi connectivity index (χ1) is 10.6. The van der Waals surface area contributed by atoms with Crippen molar-refractivity contribution in [2.45, 2.75) is 26.8 Å². The molecule has 1 N–H and O–H groups in total. The van der Waals surface area contributed by atoms with Gasteiger partial charge in [-0.15, -0.1) is 0 Å². The molecule has 0 bridgehead atoms. The second-order valence-corrected chi connectivity index (χ2v) is 7.30. The minimum atomic E-state index is 0.139. The summed E-state index contributed by atoms with van der Waals surface area (Å²) in [7, 11) is 0. The van der Waals surface area contributed by atoms with E-state index in [0.717, 1.165) is 49.5 Å². The van der Waals surface area contributed by atoms with E-state index < -0.39 is 0 Å². The zero-order valence-corrected chi connectivity index (χ0v) is 14.1. The third-order valence-electron chi connectivity index (χ3n) is 5.34. The van der Waals surface area contributed by atoms with Crippen LogP contribution in [0.3, 0.4) is 0 Å². The van der Waals surface area contributed by atoms with Crippen molar-refractivity contribution in [1.82, 2.24) is 10.2 Å². The van der Waals surface area contributed by atoms with Gasteiger partial charge >= 0.3 is 0 Å². The lowest BCUT2D eigenvalue weighted by molar-refractivity contribution is -0.124. The quantitative estimate of drug-likeness (QED) is 0.873. The Balaban J connectivity index is 1.40. The molecule has 1 heterocycles. The van der Waals surface area contributed by atoms with Crippen LogP contribution in [0.1, 0.15) is 25.8 Å². The summed E-state index contributed by atoms with van der Waals surface area (Å²) in [5, 5.41) is 3.92. The van der Waals surface area contributed by atoms with Crippen LogP contribution in [0.4, 0.5) is 0 Å². The first kappa shape index (κ1) is 15.8. The van der Waals surface area contributed by atoms with Gasteiger partial charge in [-0.1, -0.05) is 37.6 Å². The molecular weight excluding hydrogens is 296 g/mol. The minimum absolute atomic E-state index is 0.139. The second kappa shape index (κ2) is 6.59. The van der Waals surface area contributed by atoms with Gasteiger partial charge in [0.25, 0.3) is 0 Å². The van der Waals surface area contributed by atoms with Gasteiger partial charge < -0.3 is 5.32 Å². The summed E-state index contributed by atoms with van der Waals surface area (Å²) in [6, 6.07) is 8.13. The number of amides is 1. The predicted octanol–water partition coefficient (Wildman–Crippen LogP) is 3.18. The molecule has 1 aliphatic carbocycles. The van der Waals surface area contributed by atoms with E-state index in [-0.39, 0.29) is 11.8 Å². The number of carbonyl (C=O) groups is 1. The molecule has 1 aromatic rings. The van der Waals surface area contributed by atoms with Crippen molar-refractivity contribution in [3.05, 3.63) is 34.9 Å². The molecule has 0 spiro atoms. The van der Waals surface area contributed by atoms with E-state index in [9.17, 15) is 4.79 Å². The van der Waals surface area contributed by atoms with E-state index in [1.54, 1.807) is 0 Å². The maximum Gasteiger partial charge on any atom is 0.222 e. The first-order valence-electron chi connectivity index (χ1n) is 8.33. The lowest BCUT2D eigenvalue weighted by Crippen LogP contribution is -2.33. The van der Waals surface area contributed by atoms with Crippen LogP contribution in [0, 0.1) is 23.7 Å². The summed E-state index contributed by atoms with van der Waals surface area (Å²) in [5.41, 5.74) is 1.33. The normalized spacial score (nSPS) is 28.2. The van der Waals surface area contributed by atoms with E-state index in [0.29, 0.717) is 5.92 Å². The number of likely N-dealkylation sites (tertiary alicyclic amines) is 1. The lowest BCUT2D eigenvalue weighted by atomic mass is 10.1. The summed E-state index contributed by atoms with van der Waals surface area (Å²) < 4.78 is 0. The molecule has 2 fully saturated rings. The van der Waals surface area contributed by atoms with Crippen LogP contribution < -0.4 is 5.32 Å². The molecule has 1 aliphatic heterocycles. The molecule has 1 saturated carbocycles. The van der Waals surface area contributed by atoms with E-state index in [1.165, 1.54) is 5.56 Å². The molecule has 22 heavy (non-hydrogen) atoms. The molecule has 1 saturated heterocycles. The van der Waals surface area contributed by atoms with Crippen LogP contribution in [0.2, 0.25) is 5.02 Å². The number of carbonyl (C=O) groups excluding carboxylic acids is 1. The third-order valence-corrected chi connectivity index (χ3v) is 5.59. The SMILES string of the molecule is CCC(C)C(=O)NCC1C2CN(Cc3ccc(Cl)cc3)CC12. The molecule has 4 heteroatoms. The molecular formula is C18H25ClN2O. The number of fused-ring (bicyclic) bond motifs is 1. The molecule has 3 nitrogen and oxygen atoms in total. The zero-order valence-electron chi connectivity index (χ0n) is 13.4. The number of halogens is 1. The molecule has 1 amide bonds. The maximum atomic E-state index is 11.8. The molecule has 1 aromatic carbocycles. The summed E-state index contributed by atoms with van der Waals surface area (Å²) in [6.07, 6.45) is 0.915. The van der Waals surface area contributed by atoms with Crippen molar-refractivity contribution in [2.24, 2.45) is 23.7 Å². The number of hydrogen-bond acceptors (Lipinski definition) is 2. The second-order valence-electron chi connectivity index (χ2n) is 6.87. The fourth-order valence-corrected chi connectivity index (χ4v) is 3.72. The Labute approximate surface area is 138 Å². The Kier molecular flexibility index (Phi) is 4.74. The Hall–Kier alpha value is -1.06. The number of piperidine rings is 1. The molecule has 3 rings (SSSR count). The molecule has 120 valence electrons. The highest BCUT2D eigenvalue weighted by Crippen LogP contribution is 2.51. The first-order valence-corrected chi connectivity index (χ1v) is 8.70. The van der Waals surface area contributed by atoms with Gasteiger partial charge in [-0.05, 0) is 41.9 Å². The van der Waals surface area contributed by atoms with Gasteiger partial charge in [0, 0.05) is 37.1 Å². The van der Waals surface area contributed by atoms with E-state index in [4.69, 9.17) is 11.6 Å². The van der Waals surface area contributed by atoms with E-state index in [1.807, 2.05) is 19.1 Å². The smallest absolute Gasteiger partial charge is 0.222 e. The number of nitrogens with zero attached hydrogens (tertiary/aromatic N) is 1. The van der Waals surface area contributed by atoms with Crippen LogP contribution in [-0.2, 0) is 11.3 Å². The molecule has 3 atom stereocenters. The number of rotatable bonds is 6. The summed E-state index contributed by atoms with van der Waals surface area (Å²) in [5.74, 6) is 2.62. The topological polar surface area (TPSA) is 32.3 Å². The average molecular weight is 321 g/mol. The van der Waals surface area contributed by atoms with E-state index in [2.05, 4.69) is 29.3 Å². The summed E-state index contributed by atoms with van der Waals surface area (Å²) in [4.78, 5) is 14.3. The van der Waals surface area contributed by atoms with Crippen molar-refractivity contribution in [1.29, 1.82) is 0 Å². The third kappa shape index (κ3) is 3.47. The zero-order chi connectivity index (χ0) is 15.7. The largest absolute Gasteiger partial charge is 0.356 e. The van der Waals surface area contributed by atoms with Gasteiger partial charge in [-0.25, -0.2) is 0 Å². The maximum absolute atomic E-state index is 11.8. The monoisotopic (exact) mass is 320 g/mol. The van der Waals surface area contributed by atoms with E-state index >= 15 is 0 Å². The highest BCUT2D eigenvalue weighted by atomic mass is 35.5. The Bertz CT molecular complexity index is 518. The summed E-state index contributed by atoms with van der Waals surface area (Å²) in [6.45, 7) is 8.26. The van der Waals surface area contributed by atoms with Crippen LogP contribution >= 0.6 is 11.6 Å². The van der Waals surface area contributed by atoms with Crippen LogP contribution in [0.5, 0.6) is 0 Å². The molecule has 2 aliphatic rings. The van der Waals surface area contributed by atoms with Gasteiger partial charge in [-0.2, -0.15) is 0 Å². The van der Waals surface area contributed by atoms with Crippen LogP contribution in [-0.4, -0.2) is 30.4 Å².